The van der Waals surface area contributed by atoms with E-state index < -0.39 is 21.3 Å². The third-order valence-electron chi connectivity index (χ3n) is 6.87. The van der Waals surface area contributed by atoms with Crippen molar-refractivity contribution in [1.29, 1.82) is 0 Å². The first-order valence-electron chi connectivity index (χ1n) is 14.6. The lowest BCUT2D eigenvalue weighted by Crippen LogP contribution is -2.42. The molecule has 0 aliphatic carbocycles. The highest BCUT2D eigenvalue weighted by Gasteiger charge is 2.40. The molecule has 2 amide bonds. The molecule has 38 heavy (non-hydrogen) atoms. The summed E-state index contributed by atoms with van der Waals surface area (Å²) in [4.78, 5) is 32.1. The Bertz CT molecular complexity index is 874. The molecule has 0 N–H and O–H groups in total. The van der Waals surface area contributed by atoms with Gasteiger partial charge in [0, 0.05) is 26.2 Å². The summed E-state index contributed by atoms with van der Waals surface area (Å²) in [6, 6.07) is 18.8. The van der Waals surface area contributed by atoms with Crippen molar-refractivity contribution in [3.05, 3.63) is 71.8 Å². The van der Waals surface area contributed by atoms with Gasteiger partial charge < -0.3 is 9.80 Å². The number of unbranched alkanes of at least 4 members (excludes halogenated alkanes) is 4. The Morgan fingerprint density at radius 1 is 0.579 bits per heavy atom. The molecule has 6 heteroatoms. The van der Waals surface area contributed by atoms with Crippen molar-refractivity contribution < 1.29 is 13.8 Å². The van der Waals surface area contributed by atoms with Crippen LogP contribution in [0.3, 0.4) is 0 Å². The van der Waals surface area contributed by atoms with Crippen molar-refractivity contribution in [1.82, 2.24) is 9.80 Å². The number of hydrogen-bond donors (Lipinski definition) is 0. The average Bonchev–Trinajstić information content (AvgIpc) is 2.94. The second-order valence-electron chi connectivity index (χ2n) is 9.97. The van der Waals surface area contributed by atoms with Gasteiger partial charge in [-0.3, -0.25) is 13.8 Å². The highest BCUT2D eigenvalue weighted by atomic mass is 32.2. The van der Waals surface area contributed by atoms with Crippen molar-refractivity contribution in [3.63, 3.8) is 0 Å². The fourth-order valence-electron chi connectivity index (χ4n) is 4.54. The van der Waals surface area contributed by atoms with E-state index in [0.29, 0.717) is 37.3 Å². The van der Waals surface area contributed by atoms with Crippen molar-refractivity contribution in [2.45, 2.75) is 89.6 Å². The first-order chi connectivity index (χ1) is 18.5. The van der Waals surface area contributed by atoms with Gasteiger partial charge in [-0.1, -0.05) is 114 Å². The van der Waals surface area contributed by atoms with Gasteiger partial charge in [0.05, 0.1) is 10.8 Å². The van der Waals surface area contributed by atoms with Gasteiger partial charge in [-0.2, -0.15) is 0 Å². The van der Waals surface area contributed by atoms with E-state index in [4.69, 9.17) is 0 Å². The molecule has 0 aliphatic heterocycles. The molecule has 2 aromatic rings. The summed E-state index contributed by atoms with van der Waals surface area (Å²) < 4.78 is 14.6. The number of rotatable bonds is 18. The Morgan fingerprint density at radius 3 is 1.13 bits per heavy atom. The van der Waals surface area contributed by atoms with Gasteiger partial charge in [0.25, 0.3) is 0 Å². The van der Waals surface area contributed by atoms with E-state index in [1.807, 2.05) is 70.5 Å². The van der Waals surface area contributed by atoms with Crippen LogP contribution in [0.4, 0.5) is 0 Å². The van der Waals surface area contributed by atoms with Crippen LogP contribution in [-0.2, 0) is 20.4 Å². The Balaban J connectivity index is 2.58. The fourth-order valence-corrected chi connectivity index (χ4v) is 6.35. The smallest absolute Gasteiger partial charge is 0.242 e. The minimum absolute atomic E-state index is 0.140. The first kappa shape index (κ1) is 31.7. The molecule has 0 spiro atoms. The maximum atomic E-state index is 14.6. The molecule has 2 unspecified atom stereocenters. The summed E-state index contributed by atoms with van der Waals surface area (Å²) in [6.07, 6.45) is 7.49. The zero-order valence-electron chi connectivity index (χ0n) is 23.9. The first-order valence-corrected chi connectivity index (χ1v) is 15.8. The molecule has 0 aromatic heterocycles. The van der Waals surface area contributed by atoms with Gasteiger partial charge in [-0.15, -0.1) is 0 Å². The molecule has 0 fully saturated rings. The molecule has 0 saturated heterocycles. The van der Waals surface area contributed by atoms with Crippen LogP contribution in [0.25, 0.3) is 0 Å². The van der Waals surface area contributed by atoms with E-state index in [1.165, 1.54) is 0 Å². The summed E-state index contributed by atoms with van der Waals surface area (Å²) in [6.45, 7) is 11.0. The summed E-state index contributed by atoms with van der Waals surface area (Å²) in [5, 5.41) is -1.81. The Kier molecular flexibility index (Phi) is 15.0. The van der Waals surface area contributed by atoms with Gasteiger partial charge in [-0.05, 0) is 36.8 Å². The predicted molar refractivity (Wildman–Crippen MR) is 159 cm³/mol. The third kappa shape index (κ3) is 9.37. The van der Waals surface area contributed by atoms with Crippen LogP contribution < -0.4 is 0 Å². The number of hydrogen-bond acceptors (Lipinski definition) is 3. The molecule has 2 aromatic carbocycles. The normalized spacial score (nSPS) is 13.5. The molecule has 2 rings (SSSR count). The molecule has 0 radical (unpaired) electrons. The topological polar surface area (TPSA) is 57.7 Å². The largest absolute Gasteiger partial charge is 0.341 e. The highest BCUT2D eigenvalue weighted by molar-refractivity contribution is 7.87. The lowest BCUT2D eigenvalue weighted by Gasteiger charge is -2.32. The monoisotopic (exact) mass is 540 g/mol. The minimum atomic E-state index is -1.80. The number of nitrogens with zero attached hydrogens (tertiary/aromatic N) is 2. The number of benzene rings is 2. The maximum Gasteiger partial charge on any atom is 0.242 e. The van der Waals surface area contributed by atoms with E-state index >= 15 is 0 Å². The molecule has 210 valence electrons. The van der Waals surface area contributed by atoms with E-state index in [9.17, 15) is 13.8 Å². The van der Waals surface area contributed by atoms with Crippen LogP contribution in [0.15, 0.2) is 60.7 Å². The summed E-state index contributed by atoms with van der Waals surface area (Å²) in [5.74, 6) is -0.280. The standard InChI is InChI=1S/C32H48N2O3S/c1-5-9-23-33(24-10-6-2)31(35)29(27-19-15-13-16-20-27)38(37)30(28-21-17-14-18-22-28)32(36)34(25-11-7-3)26-12-8-4/h13-22,29-30H,5-12,23-26H2,1-4H3. The average molecular weight is 541 g/mol. The second kappa shape index (κ2) is 17.9. The zero-order chi connectivity index (χ0) is 27.8. The molecule has 0 aliphatic rings. The van der Waals surface area contributed by atoms with Gasteiger partial charge in [0.1, 0.15) is 10.5 Å². The highest BCUT2D eigenvalue weighted by Crippen LogP contribution is 2.34. The molecular formula is C32H48N2O3S. The summed E-state index contributed by atoms with van der Waals surface area (Å²) in [5.41, 5.74) is 1.41. The minimum Gasteiger partial charge on any atom is -0.341 e. The lowest BCUT2D eigenvalue weighted by atomic mass is 10.1. The Labute approximate surface area is 233 Å². The predicted octanol–water partition coefficient (Wildman–Crippen LogP) is 7.08. The molecule has 5 nitrogen and oxygen atoms in total. The van der Waals surface area contributed by atoms with Crippen LogP contribution in [0, 0.1) is 0 Å². The second-order valence-corrected chi connectivity index (χ2v) is 11.6. The zero-order valence-corrected chi connectivity index (χ0v) is 24.8. The molecular weight excluding hydrogens is 492 g/mol. The van der Waals surface area contributed by atoms with E-state index in [0.717, 1.165) is 51.4 Å². The van der Waals surface area contributed by atoms with Crippen molar-refractivity contribution in [3.8, 4) is 0 Å². The van der Waals surface area contributed by atoms with Gasteiger partial charge in [0.15, 0.2) is 0 Å². The summed E-state index contributed by atoms with van der Waals surface area (Å²) in [7, 11) is -1.80. The van der Waals surface area contributed by atoms with Gasteiger partial charge in [-0.25, -0.2) is 0 Å². The molecule has 0 heterocycles. The van der Waals surface area contributed by atoms with Crippen molar-refractivity contribution in [2.75, 3.05) is 26.2 Å². The number of carbonyl (C=O) groups is 2. The number of amides is 2. The quantitative estimate of drug-likeness (QED) is 0.203. The fraction of sp³-hybridized carbons (Fsp3) is 0.562. The van der Waals surface area contributed by atoms with Crippen LogP contribution >= 0.6 is 0 Å². The lowest BCUT2D eigenvalue weighted by molar-refractivity contribution is -0.131. The van der Waals surface area contributed by atoms with Crippen LogP contribution in [-0.4, -0.2) is 52.0 Å². The Morgan fingerprint density at radius 2 is 0.868 bits per heavy atom. The molecule has 2 atom stereocenters. The maximum absolute atomic E-state index is 14.6. The van der Waals surface area contributed by atoms with Gasteiger partial charge in [0.2, 0.25) is 11.8 Å². The van der Waals surface area contributed by atoms with E-state index in [-0.39, 0.29) is 11.8 Å². The number of carbonyl (C=O) groups excluding carboxylic acids is 2. The SMILES string of the molecule is CCCCN(CCCC)C(=O)C(c1ccccc1)S(=O)C(C(=O)N(CCCC)CCCC)c1ccccc1. The summed E-state index contributed by atoms with van der Waals surface area (Å²) >= 11 is 0. The van der Waals surface area contributed by atoms with Crippen LogP contribution in [0.1, 0.15) is 101 Å². The molecule has 0 bridgehead atoms. The van der Waals surface area contributed by atoms with Crippen LogP contribution in [0.2, 0.25) is 0 Å². The van der Waals surface area contributed by atoms with E-state index in [1.54, 1.807) is 0 Å². The van der Waals surface area contributed by atoms with Gasteiger partial charge >= 0.3 is 0 Å². The third-order valence-corrected chi connectivity index (χ3v) is 8.74. The Hall–Kier alpha value is -2.47. The van der Waals surface area contributed by atoms with Crippen molar-refractivity contribution in [2.24, 2.45) is 0 Å². The van der Waals surface area contributed by atoms with Crippen LogP contribution in [0.5, 0.6) is 0 Å². The molecule has 0 saturated carbocycles. The van der Waals surface area contributed by atoms with Crippen molar-refractivity contribution >= 4 is 22.6 Å². The van der Waals surface area contributed by atoms with E-state index in [2.05, 4.69) is 27.7 Å².